The van der Waals surface area contributed by atoms with E-state index in [1.165, 1.54) is 0 Å². The minimum atomic E-state index is 0.0466. The predicted octanol–water partition coefficient (Wildman–Crippen LogP) is 3.26. The summed E-state index contributed by atoms with van der Waals surface area (Å²) >= 11 is 0. The van der Waals surface area contributed by atoms with Crippen molar-refractivity contribution in [2.24, 2.45) is 0 Å². The molecular weight excluding hydrogens is 471 g/mol. The fraction of sp³-hybridized carbons (Fsp3) is 0.400. The Kier molecular flexibility index (Phi) is 14.3. The Morgan fingerprint density at radius 2 is 1.19 bits per heavy atom. The molecule has 0 aliphatic carbocycles. The summed E-state index contributed by atoms with van der Waals surface area (Å²) in [4.78, 5) is 32.1. The first-order valence-electron chi connectivity index (χ1n) is 9.89. The van der Waals surface area contributed by atoms with Gasteiger partial charge in [-0.05, 0) is 45.9 Å². The van der Waals surface area contributed by atoms with Gasteiger partial charge in [-0.1, -0.05) is 33.7 Å². The molecule has 0 unspecified atom stereocenters. The van der Waals surface area contributed by atoms with Gasteiger partial charge in [0.05, 0.1) is 0 Å². The predicted molar refractivity (Wildman–Crippen MR) is 133 cm³/mol. The van der Waals surface area contributed by atoms with E-state index in [-0.39, 0.29) is 11.8 Å². The highest BCUT2D eigenvalue weighted by atomic mass is 33.1. The summed E-state index contributed by atoms with van der Waals surface area (Å²) in [5, 5.41) is 10.9. The molecule has 2 aromatic rings. The lowest BCUT2D eigenvalue weighted by atomic mass is 10.4. The molecule has 0 spiro atoms. The van der Waals surface area contributed by atoms with Gasteiger partial charge in [0.25, 0.3) is 0 Å². The maximum absolute atomic E-state index is 11.8. The molecule has 0 aliphatic rings. The van der Waals surface area contributed by atoms with Crippen LogP contribution in [-0.4, -0.2) is 59.5 Å². The zero-order chi connectivity index (χ0) is 22.0. The van der Waals surface area contributed by atoms with Crippen LogP contribution >= 0.6 is 43.2 Å². The first-order chi connectivity index (χ1) is 15.2. The second kappa shape index (κ2) is 17.2. The molecule has 3 N–H and O–H groups in total. The van der Waals surface area contributed by atoms with Crippen LogP contribution in [0, 0.1) is 0 Å². The molecule has 0 atom stereocenters. The Morgan fingerprint density at radius 1 is 0.710 bits per heavy atom. The molecule has 0 bridgehead atoms. The molecule has 2 heterocycles. The first kappa shape index (κ1) is 25.9. The molecule has 2 aromatic heterocycles. The molecule has 11 heteroatoms. The van der Waals surface area contributed by atoms with Gasteiger partial charge < -0.3 is 16.0 Å². The topological polar surface area (TPSA) is 96.0 Å². The summed E-state index contributed by atoms with van der Waals surface area (Å²) in [6.45, 7) is 2.50. The number of pyridine rings is 2. The van der Waals surface area contributed by atoms with Crippen LogP contribution in [0.25, 0.3) is 0 Å². The van der Waals surface area contributed by atoms with E-state index < -0.39 is 0 Å². The lowest BCUT2D eigenvalue weighted by Crippen LogP contribution is -2.36. The van der Waals surface area contributed by atoms with E-state index in [0.29, 0.717) is 39.0 Å². The molecule has 0 radical (unpaired) electrons. The van der Waals surface area contributed by atoms with E-state index in [0.717, 1.165) is 21.6 Å². The van der Waals surface area contributed by atoms with Crippen molar-refractivity contribution in [2.45, 2.75) is 22.9 Å². The second-order valence-corrected chi connectivity index (χ2v) is 11.0. The maximum Gasteiger partial charge on any atom is 0.220 e. The summed E-state index contributed by atoms with van der Waals surface area (Å²) in [7, 11) is 6.41. The molecule has 2 rings (SSSR count). The Bertz CT molecular complexity index is 692. The highest BCUT2D eigenvalue weighted by Crippen LogP contribution is 2.29. The van der Waals surface area contributed by atoms with Crippen molar-refractivity contribution >= 4 is 55.0 Å². The van der Waals surface area contributed by atoms with Crippen molar-refractivity contribution in [3.05, 3.63) is 48.8 Å². The monoisotopic (exact) mass is 497 g/mol. The Balaban J connectivity index is 1.34. The smallest absolute Gasteiger partial charge is 0.220 e. The quantitative estimate of drug-likeness (QED) is 0.238. The number of amides is 2. The molecule has 168 valence electrons. The van der Waals surface area contributed by atoms with Gasteiger partial charge in [0, 0.05) is 62.9 Å². The van der Waals surface area contributed by atoms with Gasteiger partial charge in [-0.25, -0.2) is 9.97 Å². The summed E-state index contributed by atoms with van der Waals surface area (Å²) in [6, 6.07) is 11.6. The number of aromatic nitrogens is 2. The standard InChI is InChI=1S/C20H27N5O2S4/c26-17(7-15-28-30-19-5-1-3-9-24-19)22-13-11-21-12-14-23-18(27)8-16-29-31-20-6-2-4-10-25-20/h1-6,9-10,21H,7-8,11-16H2,(H,22,26)(H,23,27). The van der Waals surface area contributed by atoms with Gasteiger partial charge in [0.2, 0.25) is 11.8 Å². The van der Waals surface area contributed by atoms with Crippen LogP contribution in [0.5, 0.6) is 0 Å². The zero-order valence-electron chi connectivity index (χ0n) is 17.1. The van der Waals surface area contributed by atoms with Crippen molar-refractivity contribution < 1.29 is 9.59 Å². The van der Waals surface area contributed by atoms with E-state index in [9.17, 15) is 9.59 Å². The normalized spacial score (nSPS) is 10.6. The SMILES string of the molecule is O=C(CCSSc1ccccn1)NCCNCCNC(=O)CCSSc1ccccn1. The van der Waals surface area contributed by atoms with Gasteiger partial charge >= 0.3 is 0 Å². The molecule has 0 fully saturated rings. The van der Waals surface area contributed by atoms with Crippen LogP contribution in [0.4, 0.5) is 0 Å². The van der Waals surface area contributed by atoms with Crippen molar-refractivity contribution in [3.8, 4) is 0 Å². The summed E-state index contributed by atoms with van der Waals surface area (Å²) in [5.41, 5.74) is 0. The summed E-state index contributed by atoms with van der Waals surface area (Å²) in [6.07, 6.45) is 4.49. The third kappa shape index (κ3) is 13.6. The third-order valence-electron chi connectivity index (χ3n) is 3.64. The van der Waals surface area contributed by atoms with Crippen molar-refractivity contribution in [1.82, 2.24) is 25.9 Å². The average molecular weight is 498 g/mol. The van der Waals surface area contributed by atoms with Crippen LogP contribution in [0.1, 0.15) is 12.8 Å². The number of nitrogens with one attached hydrogen (secondary N) is 3. The molecule has 0 saturated heterocycles. The largest absolute Gasteiger partial charge is 0.355 e. The van der Waals surface area contributed by atoms with E-state index in [1.54, 1.807) is 55.6 Å². The highest BCUT2D eigenvalue weighted by molar-refractivity contribution is 8.77. The first-order valence-corrected chi connectivity index (χ1v) is 14.5. The van der Waals surface area contributed by atoms with Crippen molar-refractivity contribution in [1.29, 1.82) is 0 Å². The van der Waals surface area contributed by atoms with E-state index in [4.69, 9.17) is 0 Å². The van der Waals surface area contributed by atoms with Gasteiger partial charge in [0.1, 0.15) is 10.1 Å². The number of carbonyl (C=O) groups is 2. The fourth-order valence-electron chi connectivity index (χ4n) is 2.15. The lowest BCUT2D eigenvalue weighted by molar-refractivity contribution is -0.121. The highest BCUT2D eigenvalue weighted by Gasteiger charge is 2.03. The lowest BCUT2D eigenvalue weighted by Gasteiger charge is -2.08. The molecule has 31 heavy (non-hydrogen) atoms. The Labute approximate surface area is 199 Å². The summed E-state index contributed by atoms with van der Waals surface area (Å²) in [5.74, 6) is 1.58. The number of rotatable bonds is 16. The number of nitrogens with zero attached hydrogens (tertiary/aromatic N) is 2. The molecular formula is C20H27N5O2S4. The molecule has 0 aromatic carbocycles. The van der Waals surface area contributed by atoms with E-state index in [1.807, 2.05) is 36.4 Å². The van der Waals surface area contributed by atoms with Crippen LogP contribution < -0.4 is 16.0 Å². The maximum atomic E-state index is 11.8. The summed E-state index contributed by atoms with van der Waals surface area (Å²) < 4.78 is 0. The van der Waals surface area contributed by atoms with Gasteiger partial charge in [0.15, 0.2) is 0 Å². The van der Waals surface area contributed by atoms with Crippen LogP contribution in [0.3, 0.4) is 0 Å². The molecule has 2 amide bonds. The third-order valence-corrected chi connectivity index (χ3v) is 8.17. The minimum absolute atomic E-state index is 0.0466. The molecule has 7 nitrogen and oxygen atoms in total. The van der Waals surface area contributed by atoms with Gasteiger partial charge in [-0.2, -0.15) is 0 Å². The number of hydrogen-bond donors (Lipinski definition) is 3. The van der Waals surface area contributed by atoms with Crippen LogP contribution in [0.15, 0.2) is 58.8 Å². The van der Waals surface area contributed by atoms with E-state index in [2.05, 4.69) is 25.9 Å². The van der Waals surface area contributed by atoms with Gasteiger partial charge in [-0.3, -0.25) is 9.59 Å². The van der Waals surface area contributed by atoms with Crippen molar-refractivity contribution in [2.75, 3.05) is 37.7 Å². The zero-order valence-corrected chi connectivity index (χ0v) is 20.4. The van der Waals surface area contributed by atoms with Crippen molar-refractivity contribution in [3.63, 3.8) is 0 Å². The Hall–Kier alpha value is -1.40. The molecule has 0 aliphatic heterocycles. The molecule has 0 saturated carbocycles. The minimum Gasteiger partial charge on any atom is -0.355 e. The number of carbonyl (C=O) groups excluding carboxylic acids is 2. The van der Waals surface area contributed by atoms with E-state index >= 15 is 0 Å². The van der Waals surface area contributed by atoms with Crippen LogP contribution in [-0.2, 0) is 9.59 Å². The Morgan fingerprint density at radius 3 is 1.61 bits per heavy atom. The average Bonchev–Trinajstić information content (AvgIpc) is 2.80. The fourth-order valence-corrected chi connectivity index (χ4v) is 5.89. The number of hydrogen-bond acceptors (Lipinski definition) is 9. The second-order valence-electron chi connectivity index (χ2n) is 6.10. The van der Waals surface area contributed by atoms with Gasteiger partial charge in [-0.15, -0.1) is 0 Å². The van der Waals surface area contributed by atoms with Crippen LogP contribution in [0.2, 0.25) is 0 Å².